The zero-order valence-electron chi connectivity index (χ0n) is 19.1. The average molecular weight is 553 g/mol. The van der Waals surface area contributed by atoms with Crippen molar-refractivity contribution in [3.63, 3.8) is 0 Å². The summed E-state index contributed by atoms with van der Waals surface area (Å²) in [7, 11) is -3.56. The van der Waals surface area contributed by atoms with E-state index in [0.717, 1.165) is 42.1 Å². The minimum absolute atomic E-state index is 0.00171. The normalized spacial score (nSPS) is 15.2. The van der Waals surface area contributed by atoms with Crippen molar-refractivity contribution >= 4 is 54.9 Å². The van der Waals surface area contributed by atoms with Gasteiger partial charge in [-0.2, -0.15) is 0 Å². The van der Waals surface area contributed by atoms with Gasteiger partial charge in [-0.1, -0.05) is 62.0 Å². The van der Waals surface area contributed by atoms with E-state index in [9.17, 15) is 13.2 Å². The fraction of sp³-hybridized carbons (Fsp3) is 0.417. The highest BCUT2D eigenvalue weighted by atomic mass is 79.9. The van der Waals surface area contributed by atoms with Crippen LogP contribution in [0, 0.1) is 0 Å². The van der Waals surface area contributed by atoms with Crippen LogP contribution in [0.15, 0.2) is 51.8 Å². The van der Waals surface area contributed by atoms with E-state index in [1.807, 2.05) is 6.07 Å². The van der Waals surface area contributed by atoms with Gasteiger partial charge >= 0.3 is 0 Å². The molecule has 6 nitrogen and oxygen atoms in total. The summed E-state index contributed by atoms with van der Waals surface area (Å²) in [6.07, 6.45) is 5.02. The van der Waals surface area contributed by atoms with E-state index in [4.69, 9.17) is 12.2 Å². The second-order valence-electron chi connectivity index (χ2n) is 9.33. The molecule has 0 heterocycles. The highest BCUT2D eigenvalue weighted by Crippen LogP contribution is 2.30. The van der Waals surface area contributed by atoms with Gasteiger partial charge in [0.05, 0.1) is 4.90 Å². The Morgan fingerprint density at radius 2 is 1.67 bits per heavy atom. The van der Waals surface area contributed by atoms with Gasteiger partial charge in [-0.3, -0.25) is 10.1 Å². The molecule has 1 amide bonds. The van der Waals surface area contributed by atoms with Gasteiger partial charge in [0, 0.05) is 21.8 Å². The van der Waals surface area contributed by atoms with E-state index in [1.165, 1.54) is 12.1 Å². The van der Waals surface area contributed by atoms with Gasteiger partial charge in [0.15, 0.2) is 5.11 Å². The Kier molecular flexibility index (Phi) is 8.31. The summed E-state index contributed by atoms with van der Waals surface area (Å²) in [6, 6.07) is 11.8. The van der Waals surface area contributed by atoms with Gasteiger partial charge in [0.2, 0.25) is 10.0 Å². The lowest BCUT2D eigenvalue weighted by Crippen LogP contribution is -2.36. The predicted molar refractivity (Wildman–Crippen MR) is 140 cm³/mol. The Morgan fingerprint density at radius 1 is 1.03 bits per heavy atom. The van der Waals surface area contributed by atoms with Crippen molar-refractivity contribution in [2.24, 2.45) is 0 Å². The quantitative estimate of drug-likeness (QED) is 0.428. The number of sulfonamides is 1. The molecule has 178 valence electrons. The third kappa shape index (κ3) is 7.09. The SMILES string of the molecule is CC(C)(C)c1ccc(C(=O)NC(=S)Nc2ccc(S(=O)(=O)NC3CCCCC3)cc2)cc1Br. The van der Waals surface area contributed by atoms with E-state index in [1.54, 1.807) is 24.3 Å². The molecule has 9 heteroatoms. The average Bonchev–Trinajstić information content (AvgIpc) is 2.73. The van der Waals surface area contributed by atoms with Gasteiger partial charge in [0.25, 0.3) is 5.91 Å². The molecule has 0 aliphatic heterocycles. The first-order chi connectivity index (χ1) is 15.5. The molecule has 1 aliphatic rings. The first-order valence-corrected chi connectivity index (χ1v) is 13.7. The number of amides is 1. The van der Waals surface area contributed by atoms with Crippen molar-refractivity contribution in [2.75, 3.05) is 5.32 Å². The lowest BCUT2D eigenvalue weighted by Gasteiger charge is -2.22. The maximum atomic E-state index is 12.6. The van der Waals surface area contributed by atoms with Gasteiger partial charge in [-0.05, 0) is 72.4 Å². The van der Waals surface area contributed by atoms with Crippen molar-refractivity contribution in [2.45, 2.75) is 69.2 Å². The summed E-state index contributed by atoms with van der Waals surface area (Å²) >= 11 is 8.80. The van der Waals surface area contributed by atoms with Crippen LogP contribution in [-0.4, -0.2) is 25.5 Å². The number of thiocarbonyl (C=S) groups is 1. The molecule has 1 fully saturated rings. The predicted octanol–water partition coefficient (Wildman–Crippen LogP) is 5.48. The number of nitrogens with one attached hydrogen (secondary N) is 3. The van der Waals surface area contributed by atoms with Crippen LogP contribution in [0.2, 0.25) is 0 Å². The summed E-state index contributed by atoms with van der Waals surface area (Å²) in [5.74, 6) is -0.329. The van der Waals surface area contributed by atoms with Crippen LogP contribution in [0.1, 0.15) is 68.8 Å². The van der Waals surface area contributed by atoms with Gasteiger partial charge in [-0.25, -0.2) is 13.1 Å². The molecule has 0 bridgehead atoms. The van der Waals surface area contributed by atoms with Crippen LogP contribution in [0.25, 0.3) is 0 Å². The molecule has 0 radical (unpaired) electrons. The van der Waals surface area contributed by atoms with Crippen molar-refractivity contribution in [3.05, 3.63) is 58.1 Å². The Bertz CT molecular complexity index is 1120. The number of anilines is 1. The van der Waals surface area contributed by atoms with Crippen molar-refractivity contribution < 1.29 is 13.2 Å². The van der Waals surface area contributed by atoms with Crippen LogP contribution >= 0.6 is 28.1 Å². The Morgan fingerprint density at radius 3 is 2.24 bits per heavy atom. The van der Waals surface area contributed by atoms with Crippen LogP contribution in [0.4, 0.5) is 5.69 Å². The molecular formula is C24H30BrN3O3S2. The second-order valence-corrected chi connectivity index (χ2v) is 12.3. The smallest absolute Gasteiger partial charge is 0.257 e. The molecule has 3 rings (SSSR count). The molecule has 0 atom stereocenters. The molecule has 1 aliphatic carbocycles. The molecule has 3 N–H and O–H groups in total. The Labute approximate surface area is 210 Å². The number of rotatable bonds is 5. The molecular weight excluding hydrogens is 522 g/mol. The minimum atomic E-state index is -3.56. The van der Waals surface area contributed by atoms with Crippen LogP contribution in [0.5, 0.6) is 0 Å². The summed E-state index contributed by atoms with van der Waals surface area (Å²) in [5, 5.41) is 5.72. The zero-order valence-corrected chi connectivity index (χ0v) is 22.3. The fourth-order valence-electron chi connectivity index (χ4n) is 3.83. The minimum Gasteiger partial charge on any atom is -0.332 e. The number of carbonyl (C=O) groups is 1. The van der Waals surface area contributed by atoms with Crippen LogP contribution in [0.3, 0.4) is 0 Å². The first-order valence-electron chi connectivity index (χ1n) is 11.0. The van der Waals surface area contributed by atoms with E-state index in [-0.39, 0.29) is 27.4 Å². The Balaban J connectivity index is 1.59. The summed E-state index contributed by atoms with van der Waals surface area (Å²) in [5.41, 5.74) is 2.12. The number of benzene rings is 2. The summed E-state index contributed by atoms with van der Waals surface area (Å²) < 4.78 is 28.9. The number of hydrogen-bond acceptors (Lipinski definition) is 4. The van der Waals surface area contributed by atoms with E-state index in [2.05, 4.69) is 52.1 Å². The van der Waals surface area contributed by atoms with Crippen LogP contribution < -0.4 is 15.4 Å². The van der Waals surface area contributed by atoms with E-state index < -0.39 is 10.0 Å². The third-order valence-corrected chi connectivity index (χ3v) is 8.01. The van der Waals surface area contributed by atoms with Crippen molar-refractivity contribution in [3.8, 4) is 0 Å². The zero-order chi connectivity index (χ0) is 24.2. The molecule has 1 saturated carbocycles. The standard InChI is InChI=1S/C24H30BrN3O3S2/c1-24(2,3)20-14-9-16(15-21(20)25)22(29)27-23(32)26-17-10-12-19(13-11-17)33(30,31)28-18-7-5-4-6-8-18/h9-15,18,28H,4-8H2,1-3H3,(H2,26,27,29,32). The molecule has 2 aromatic carbocycles. The van der Waals surface area contributed by atoms with Gasteiger partial charge < -0.3 is 5.32 Å². The maximum Gasteiger partial charge on any atom is 0.257 e. The molecule has 2 aromatic rings. The lowest BCUT2D eigenvalue weighted by molar-refractivity contribution is 0.0977. The molecule has 0 saturated heterocycles. The Hall–Kier alpha value is -1.81. The largest absolute Gasteiger partial charge is 0.332 e. The molecule has 0 unspecified atom stereocenters. The molecule has 33 heavy (non-hydrogen) atoms. The van der Waals surface area contributed by atoms with E-state index in [0.29, 0.717) is 11.3 Å². The highest BCUT2D eigenvalue weighted by Gasteiger charge is 2.22. The topological polar surface area (TPSA) is 87.3 Å². The van der Waals surface area contributed by atoms with Crippen molar-refractivity contribution in [1.82, 2.24) is 10.0 Å². The number of carbonyl (C=O) groups excluding carboxylic acids is 1. The first kappa shape index (κ1) is 25.8. The highest BCUT2D eigenvalue weighted by molar-refractivity contribution is 9.10. The van der Waals surface area contributed by atoms with E-state index >= 15 is 0 Å². The third-order valence-electron chi connectivity index (χ3n) is 5.62. The second kappa shape index (κ2) is 10.6. The summed E-state index contributed by atoms with van der Waals surface area (Å²) in [4.78, 5) is 12.8. The summed E-state index contributed by atoms with van der Waals surface area (Å²) in [6.45, 7) is 6.32. The van der Waals surface area contributed by atoms with Crippen LogP contribution in [-0.2, 0) is 15.4 Å². The van der Waals surface area contributed by atoms with Gasteiger partial charge in [-0.15, -0.1) is 0 Å². The number of hydrogen-bond donors (Lipinski definition) is 3. The molecule has 0 aromatic heterocycles. The number of halogens is 1. The molecule has 0 spiro atoms. The van der Waals surface area contributed by atoms with Gasteiger partial charge in [0.1, 0.15) is 0 Å². The monoisotopic (exact) mass is 551 g/mol. The maximum absolute atomic E-state index is 12.6. The fourth-order valence-corrected chi connectivity index (χ4v) is 6.32. The lowest BCUT2D eigenvalue weighted by atomic mass is 9.86. The van der Waals surface area contributed by atoms with Crippen molar-refractivity contribution in [1.29, 1.82) is 0 Å².